The van der Waals surface area contributed by atoms with Gasteiger partial charge in [-0.2, -0.15) is 5.26 Å². The van der Waals surface area contributed by atoms with E-state index in [0.717, 1.165) is 12.8 Å². The molecule has 104 valence electrons. The van der Waals surface area contributed by atoms with Crippen molar-refractivity contribution in [3.8, 4) is 6.07 Å². The third kappa shape index (κ3) is 5.69. The lowest BCUT2D eigenvalue weighted by molar-refractivity contribution is 0.0691. The van der Waals surface area contributed by atoms with Crippen molar-refractivity contribution in [3.63, 3.8) is 0 Å². The zero-order valence-corrected chi connectivity index (χ0v) is 11.1. The van der Waals surface area contributed by atoms with Gasteiger partial charge >= 0.3 is 0 Å². The molecule has 0 bridgehead atoms. The van der Waals surface area contributed by atoms with Crippen LogP contribution in [0.2, 0.25) is 0 Å². The highest BCUT2D eigenvalue weighted by atomic mass is 19.1. The van der Waals surface area contributed by atoms with Gasteiger partial charge in [0.1, 0.15) is 17.4 Å². The van der Waals surface area contributed by atoms with Crippen LogP contribution in [-0.2, 0) is 9.47 Å². The van der Waals surface area contributed by atoms with E-state index < -0.39 is 5.82 Å². The molecule has 0 aliphatic carbocycles. The van der Waals surface area contributed by atoms with Gasteiger partial charge in [-0.1, -0.05) is 6.07 Å². The number of unbranched alkanes of at least 4 members (excludes halogenated alkanes) is 1. The average Bonchev–Trinajstić information content (AvgIpc) is 2.42. The van der Waals surface area contributed by atoms with E-state index in [1.165, 1.54) is 6.07 Å². The van der Waals surface area contributed by atoms with Gasteiger partial charge in [0.15, 0.2) is 0 Å². The molecule has 0 spiro atoms. The maximum absolute atomic E-state index is 13.3. The summed E-state index contributed by atoms with van der Waals surface area (Å²) in [5, 5.41) is 11.9. The Kier molecular flexibility index (Phi) is 7.56. The van der Waals surface area contributed by atoms with Crippen molar-refractivity contribution in [3.05, 3.63) is 29.6 Å². The van der Waals surface area contributed by atoms with E-state index in [0.29, 0.717) is 32.1 Å². The van der Waals surface area contributed by atoms with Crippen molar-refractivity contribution in [2.45, 2.75) is 12.8 Å². The monoisotopic (exact) mass is 266 g/mol. The second kappa shape index (κ2) is 9.31. The molecule has 0 heterocycles. The Morgan fingerprint density at radius 2 is 2.11 bits per heavy atom. The maximum Gasteiger partial charge on any atom is 0.143 e. The van der Waals surface area contributed by atoms with Crippen LogP contribution in [0.5, 0.6) is 0 Å². The zero-order valence-electron chi connectivity index (χ0n) is 11.1. The zero-order chi connectivity index (χ0) is 13.9. The SMILES string of the molecule is COCCOCCCCNc1cccc(F)c1C#N. The van der Waals surface area contributed by atoms with Gasteiger partial charge in [0.25, 0.3) is 0 Å². The summed E-state index contributed by atoms with van der Waals surface area (Å²) in [6.45, 7) is 2.57. The molecule has 0 aliphatic heterocycles. The van der Waals surface area contributed by atoms with Crippen molar-refractivity contribution in [1.29, 1.82) is 5.26 Å². The van der Waals surface area contributed by atoms with Crippen LogP contribution >= 0.6 is 0 Å². The van der Waals surface area contributed by atoms with Crippen LogP contribution in [0, 0.1) is 17.1 Å². The van der Waals surface area contributed by atoms with E-state index in [-0.39, 0.29) is 5.56 Å². The van der Waals surface area contributed by atoms with Gasteiger partial charge in [-0.05, 0) is 25.0 Å². The Balaban J connectivity index is 2.20. The second-order valence-corrected chi connectivity index (χ2v) is 4.01. The number of ether oxygens (including phenoxy) is 2. The topological polar surface area (TPSA) is 54.3 Å². The number of halogens is 1. The lowest BCUT2D eigenvalue weighted by Crippen LogP contribution is -2.07. The average molecular weight is 266 g/mol. The third-order valence-electron chi connectivity index (χ3n) is 2.59. The lowest BCUT2D eigenvalue weighted by Gasteiger charge is -2.08. The Morgan fingerprint density at radius 3 is 2.84 bits per heavy atom. The Morgan fingerprint density at radius 1 is 1.26 bits per heavy atom. The molecular weight excluding hydrogens is 247 g/mol. The number of hydrogen-bond donors (Lipinski definition) is 1. The van der Waals surface area contributed by atoms with Crippen LogP contribution in [0.1, 0.15) is 18.4 Å². The highest BCUT2D eigenvalue weighted by Crippen LogP contribution is 2.17. The summed E-state index contributed by atoms with van der Waals surface area (Å²) < 4.78 is 23.5. The van der Waals surface area contributed by atoms with E-state index in [1.807, 2.05) is 6.07 Å². The molecule has 5 heteroatoms. The summed E-state index contributed by atoms with van der Waals surface area (Å²) in [5.74, 6) is -0.490. The van der Waals surface area contributed by atoms with Gasteiger partial charge in [0.05, 0.1) is 18.9 Å². The van der Waals surface area contributed by atoms with E-state index in [1.54, 1.807) is 19.2 Å². The molecule has 0 fully saturated rings. The van der Waals surface area contributed by atoms with Crippen LogP contribution in [0.15, 0.2) is 18.2 Å². The first-order valence-corrected chi connectivity index (χ1v) is 6.28. The molecule has 1 N–H and O–H groups in total. The Hall–Kier alpha value is -1.64. The Bertz CT molecular complexity index is 418. The van der Waals surface area contributed by atoms with Crippen molar-refractivity contribution in [2.75, 3.05) is 38.8 Å². The summed E-state index contributed by atoms with van der Waals surface area (Å²) in [4.78, 5) is 0. The smallest absolute Gasteiger partial charge is 0.143 e. The van der Waals surface area contributed by atoms with Gasteiger partial charge in [0, 0.05) is 20.3 Å². The maximum atomic E-state index is 13.3. The first kappa shape index (κ1) is 15.4. The third-order valence-corrected chi connectivity index (χ3v) is 2.59. The molecule has 0 saturated heterocycles. The quantitative estimate of drug-likeness (QED) is 0.698. The summed E-state index contributed by atoms with van der Waals surface area (Å²) in [7, 11) is 1.64. The molecule has 0 radical (unpaired) electrons. The van der Waals surface area contributed by atoms with Gasteiger partial charge in [-0.15, -0.1) is 0 Å². The summed E-state index contributed by atoms with van der Waals surface area (Å²) >= 11 is 0. The van der Waals surface area contributed by atoms with E-state index >= 15 is 0 Å². The molecule has 19 heavy (non-hydrogen) atoms. The van der Waals surface area contributed by atoms with Crippen LogP contribution in [0.4, 0.5) is 10.1 Å². The Labute approximate surface area is 113 Å². The number of rotatable bonds is 9. The molecule has 0 aliphatic rings. The molecule has 0 unspecified atom stereocenters. The van der Waals surface area contributed by atoms with Crippen LogP contribution in [0.25, 0.3) is 0 Å². The van der Waals surface area contributed by atoms with Gasteiger partial charge in [-0.25, -0.2) is 4.39 Å². The molecule has 0 saturated carbocycles. The molecule has 1 rings (SSSR count). The van der Waals surface area contributed by atoms with Crippen LogP contribution in [-0.4, -0.2) is 33.5 Å². The number of nitriles is 1. The molecule has 0 amide bonds. The molecule has 0 aromatic heterocycles. The fourth-order valence-corrected chi connectivity index (χ4v) is 1.58. The predicted octanol–water partition coefficient (Wildman–Crippen LogP) is 2.55. The number of nitrogens with zero attached hydrogens (tertiary/aromatic N) is 1. The van der Waals surface area contributed by atoms with Crippen LogP contribution < -0.4 is 5.32 Å². The molecule has 4 nitrogen and oxygen atoms in total. The second-order valence-electron chi connectivity index (χ2n) is 4.01. The van der Waals surface area contributed by atoms with Crippen molar-refractivity contribution in [2.24, 2.45) is 0 Å². The minimum atomic E-state index is -0.490. The fourth-order valence-electron chi connectivity index (χ4n) is 1.58. The van der Waals surface area contributed by atoms with E-state index in [4.69, 9.17) is 14.7 Å². The summed E-state index contributed by atoms with van der Waals surface area (Å²) in [5.41, 5.74) is 0.613. The van der Waals surface area contributed by atoms with E-state index in [9.17, 15) is 4.39 Å². The largest absolute Gasteiger partial charge is 0.384 e. The van der Waals surface area contributed by atoms with Gasteiger partial charge < -0.3 is 14.8 Å². The normalized spacial score (nSPS) is 10.2. The molecule has 1 aromatic rings. The highest BCUT2D eigenvalue weighted by Gasteiger charge is 2.06. The molecule has 0 atom stereocenters. The van der Waals surface area contributed by atoms with Crippen molar-refractivity contribution < 1.29 is 13.9 Å². The molecular formula is C14H19FN2O2. The summed E-state index contributed by atoms with van der Waals surface area (Å²) in [6, 6.07) is 6.44. The minimum Gasteiger partial charge on any atom is -0.384 e. The predicted molar refractivity (Wildman–Crippen MR) is 71.5 cm³/mol. The van der Waals surface area contributed by atoms with Crippen molar-refractivity contribution >= 4 is 5.69 Å². The van der Waals surface area contributed by atoms with Gasteiger partial charge in [0.2, 0.25) is 0 Å². The standard InChI is InChI=1S/C14H19FN2O2/c1-18-9-10-19-8-3-2-7-17-14-6-4-5-13(15)12(14)11-16/h4-6,17H,2-3,7-10H2,1H3. The van der Waals surface area contributed by atoms with Crippen LogP contribution in [0.3, 0.4) is 0 Å². The highest BCUT2D eigenvalue weighted by molar-refractivity contribution is 5.57. The molecule has 1 aromatic carbocycles. The number of hydrogen-bond acceptors (Lipinski definition) is 4. The lowest BCUT2D eigenvalue weighted by atomic mass is 10.2. The minimum absolute atomic E-state index is 0.0684. The number of methoxy groups -OCH3 is 1. The number of benzene rings is 1. The summed E-state index contributed by atoms with van der Waals surface area (Å²) in [6.07, 6.45) is 1.81. The fraction of sp³-hybridized carbons (Fsp3) is 0.500. The van der Waals surface area contributed by atoms with Crippen molar-refractivity contribution in [1.82, 2.24) is 0 Å². The first-order chi connectivity index (χ1) is 9.29. The number of anilines is 1. The number of nitrogens with one attached hydrogen (secondary N) is 1. The first-order valence-electron chi connectivity index (χ1n) is 6.28. The van der Waals surface area contributed by atoms with E-state index in [2.05, 4.69) is 5.32 Å². The van der Waals surface area contributed by atoms with Gasteiger partial charge in [-0.3, -0.25) is 0 Å².